The highest BCUT2D eigenvalue weighted by atomic mass is 16.3. The van der Waals surface area contributed by atoms with Crippen LogP contribution in [0.15, 0.2) is 0 Å². The van der Waals surface area contributed by atoms with E-state index in [0.29, 0.717) is 6.54 Å². The Morgan fingerprint density at radius 2 is 2.11 bits per heavy atom. The maximum absolute atomic E-state index is 12.4. The molecule has 1 heterocycles. The Balaban J connectivity index is 2.56. The van der Waals surface area contributed by atoms with Crippen molar-refractivity contribution >= 4 is 5.91 Å². The summed E-state index contributed by atoms with van der Waals surface area (Å²) in [6, 6.07) is 0. The highest BCUT2D eigenvalue weighted by Crippen LogP contribution is 2.31. The van der Waals surface area contributed by atoms with Gasteiger partial charge < -0.3 is 15.7 Å². The first-order valence-corrected chi connectivity index (χ1v) is 7.62. The zero-order valence-electron chi connectivity index (χ0n) is 12.7. The second-order valence-electron chi connectivity index (χ2n) is 6.20. The van der Waals surface area contributed by atoms with Crippen LogP contribution in [-0.4, -0.2) is 37.3 Å². The van der Waals surface area contributed by atoms with Crippen molar-refractivity contribution in [1.82, 2.24) is 10.6 Å². The fourth-order valence-electron chi connectivity index (χ4n) is 2.91. The van der Waals surface area contributed by atoms with E-state index in [-0.39, 0.29) is 23.3 Å². The normalized spacial score (nSPS) is 24.2. The van der Waals surface area contributed by atoms with Gasteiger partial charge in [0.15, 0.2) is 0 Å². The molecule has 0 radical (unpaired) electrons. The predicted molar refractivity (Wildman–Crippen MR) is 77.9 cm³/mol. The third-order valence-corrected chi connectivity index (χ3v) is 4.91. The molecule has 1 unspecified atom stereocenters. The van der Waals surface area contributed by atoms with E-state index in [1.807, 2.05) is 6.92 Å². The minimum Gasteiger partial charge on any atom is -0.396 e. The minimum atomic E-state index is -0.273. The number of hydrogen-bond donors (Lipinski definition) is 3. The highest BCUT2D eigenvalue weighted by molar-refractivity contribution is 5.82. The van der Waals surface area contributed by atoms with E-state index >= 15 is 0 Å². The lowest BCUT2D eigenvalue weighted by molar-refractivity contribution is -0.131. The van der Waals surface area contributed by atoms with E-state index in [0.717, 1.165) is 45.2 Å². The van der Waals surface area contributed by atoms with Crippen molar-refractivity contribution in [3.05, 3.63) is 0 Å². The van der Waals surface area contributed by atoms with E-state index in [1.165, 1.54) is 0 Å². The molecule has 1 amide bonds. The van der Waals surface area contributed by atoms with Gasteiger partial charge in [-0.2, -0.15) is 0 Å². The van der Waals surface area contributed by atoms with Gasteiger partial charge in [-0.25, -0.2) is 0 Å². The number of nitrogens with one attached hydrogen (secondary N) is 2. The molecule has 1 saturated heterocycles. The maximum Gasteiger partial charge on any atom is 0.227 e. The summed E-state index contributed by atoms with van der Waals surface area (Å²) in [6.45, 7) is 8.96. The van der Waals surface area contributed by atoms with E-state index in [2.05, 4.69) is 24.5 Å². The van der Waals surface area contributed by atoms with Gasteiger partial charge in [0.2, 0.25) is 5.91 Å². The van der Waals surface area contributed by atoms with Crippen molar-refractivity contribution in [2.24, 2.45) is 10.8 Å². The largest absolute Gasteiger partial charge is 0.396 e. The molecule has 0 saturated carbocycles. The molecule has 0 bridgehead atoms. The average molecular weight is 270 g/mol. The number of hydrogen-bond acceptors (Lipinski definition) is 3. The number of rotatable bonds is 7. The minimum absolute atomic E-state index is 0.0445. The number of carbonyl (C=O) groups excluding carboxylic acids is 1. The molecule has 1 rings (SSSR count). The second-order valence-corrected chi connectivity index (χ2v) is 6.20. The van der Waals surface area contributed by atoms with Gasteiger partial charge in [0.25, 0.3) is 0 Å². The van der Waals surface area contributed by atoms with Crippen LogP contribution < -0.4 is 10.6 Å². The van der Waals surface area contributed by atoms with Gasteiger partial charge in [-0.05, 0) is 51.0 Å². The van der Waals surface area contributed by atoms with Crippen LogP contribution in [0, 0.1) is 10.8 Å². The second kappa shape index (κ2) is 7.25. The van der Waals surface area contributed by atoms with Crippen molar-refractivity contribution in [3.8, 4) is 0 Å². The highest BCUT2D eigenvalue weighted by Gasteiger charge is 2.36. The monoisotopic (exact) mass is 270 g/mol. The molecule has 1 atom stereocenters. The Hall–Kier alpha value is -0.610. The maximum atomic E-state index is 12.4. The average Bonchev–Trinajstić information content (AvgIpc) is 2.44. The topological polar surface area (TPSA) is 61.4 Å². The molecule has 4 heteroatoms. The van der Waals surface area contributed by atoms with Crippen molar-refractivity contribution in [2.45, 2.75) is 52.9 Å². The van der Waals surface area contributed by atoms with E-state index in [4.69, 9.17) is 0 Å². The fourth-order valence-corrected chi connectivity index (χ4v) is 2.91. The first-order valence-electron chi connectivity index (χ1n) is 7.62. The van der Waals surface area contributed by atoms with Gasteiger partial charge in [-0.3, -0.25) is 4.79 Å². The number of piperidine rings is 1. The Labute approximate surface area is 117 Å². The van der Waals surface area contributed by atoms with E-state index in [9.17, 15) is 9.90 Å². The quantitative estimate of drug-likeness (QED) is 0.659. The van der Waals surface area contributed by atoms with Gasteiger partial charge in [-0.1, -0.05) is 13.8 Å². The lowest BCUT2D eigenvalue weighted by Gasteiger charge is -2.36. The van der Waals surface area contributed by atoms with Crippen LogP contribution in [0.5, 0.6) is 0 Å². The molecule has 0 aromatic heterocycles. The van der Waals surface area contributed by atoms with Gasteiger partial charge >= 0.3 is 0 Å². The molecular formula is C15H30N2O2. The SMILES string of the molecule is CCC(CC)(CCO)CNC(=O)C1(C)CCCNC1. The third kappa shape index (κ3) is 4.18. The summed E-state index contributed by atoms with van der Waals surface area (Å²) in [5.74, 6) is 0.156. The first kappa shape index (κ1) is 16.4. The third-order valence-electron chi connectivity index (χ3n) is 4.91. The fraction of sp³-hybridized carbons (Fsp3) is 0.933. The molecule has 0 spiro atoms. The molecule has 19 heavy (non-hydrogen) atoms. The van der Waals surface area contributed by atoms with Crippen molar-refractivity contribution < 1.29 is 9.90 Å². The number of carbonyl (C=O) groups is 1. The molecule has 3 N–H and O–H groups in total. The van der Waals surface area contributed by atoms with Crippen LogP contribution in [0.1, 0.15) is 52.9 Å². The van der Waals surface area contributed by atoms with Crippen LogP contribution in [0.4, 0.5) is 0 Å². The Kier molecular flexibility index (Phi) is 6.27. The van der Waals surface area contributed by atoms with Crippen LogP contribution in [0.25, 0.3) is 0 Å². The molecule has 4 nitrogen and oxygen atoms in total. The number of aliphatic hydroxyl groups excluding tert-OH is 1. The van der Waals surface area contributed by atoms with Gasteiger partial charge in [0, 0.05) is 19.7 Å². The zero-order valence-corrected chi connectivity index (χ0v) is 12.7. The summed E-state index contributed by atoms with van der Waals surface area (Å²) >= 11 is 0. The van der Waals surface area contributed by atoms with Crippen molar-refractivity contribution in [1.29, 1.82) is 0 Å². The molecule has 0 aromatic carbocycles. The zero-order chi connectivity index (χ0) is 14.4. The Bertz CT molecular complexity index is 282. The van der Waals surface area contributed by atoms with Gasteiger partial charge in [0.1, 0.15) is 0 Å². The van der Waals surface area contributed by atoms with Crippen LogP contribution >= 0.6 is 0 Å². The summed E-state index contributed by atoms with van der Waals surface area (Å²) in [7, 11) is 0. The summed E-state index contributed by atoms with van der Waals surface area (Å²) in [5.41, 5.74) is -0.229. The number of aliphatic hydroxyl groups is 1. The van der Waals surface area contributed by atoms with Crippen LogP contribution in [-0.2, 0) is 4.79 Å². The summed E-state index contributed by atoms with van der Waals surface area (Å²) in [5, 5.41) is 15.6. The molecule has 1 fully saturated rings. The Morgan fingerprint density at radius 3 is 2.58 bits per heavy atom. The van der Waals surface area contributed by atoms with Crippen molar-refractivity contribution in [3.63, 3.8) is 0 Å². The molecule has 112 valence electrons. The van der Waals surface area contributed by atoms with Gasteiger partial charge in [-0.15, -0.1) is 0 Å². The molecular weight excluding hydrogens is 240 g/mol. The van der Waals surface area contributed by atoms with Gasteiger partial charge in [0.05, 0.1) is 5.41 Å². The first-order chi connectivity index (χ1) is 9.02. The summed E-state index contributed by atoms with van der Waals surface area (Å²) < 4.78 is 0. The number of amides is 1. The lowest BCUT2D eigenvalue weighted by Crippen LogP contribution is -2.50. The molecule has 0 aliphatic carbocycles. The summed E-state index contributed by atoms with van der Waals surface area (Å²) in [4.78, 5) is 12.4. The van der Waals surface area contributed by atoms with E-state index < -0.39 is 0 Å². The molecule has 0 aromatic rings. The standard InChI is InChI=1S/C15H30N2O2/c1-4-15(5-2,8-10-18)12-17-13(19)14(3)7-6-9-16-11-14/h16,18H,4-12H2,1-3H3,(H,17,19). The predicted octanol–water partition coefficient (Wildman–Crippen LogP) is 1.68. The lowest BCUT2D eigenvalue weighted by atomic mass is 9.78. The molecule has 1 aliphatic rings. The smallest absolute Gasteiger partial charge is 0.227 e. The van der Waals surface area contributed by atoms with Crippen LogP contribution in [0.2, 0.25) is 0 Å². The Morgan fingerprint density at radius 1 is 1.42 bits per heavy atom. The summed E-state index contributed by atoms with van der Waals surface area (Å²) in [6.07, 6.45) is 4.75. The van der Waals surface area contributed by atoms with Crippen LogP contribution in [0.3, 0.4) is 0 Å². The molecule has 1 aliphatic heterocycles. The van der Waals surface area contributed by atoms with Crippen molar-refractivity contribution in [2.75, 3.05) is 26.2 Å². The van der Waals surface area contributed by atoms with E-state index in [1.54, 1.807) is 0 Å².